The van der Waals surface area contributed by atoms with E-state index in [0.717, 1.165) is 0 Å². The van der Waals surface area contributed by atoms with Crippen molar-refractivity contribution in [2.75, 3.05) is 0 Å². The average molecular weight is 187 g/mol. The summed E-state index contributed by atoms with van der Waals surface area (Å²) in [6.45, 7) is 6.69. The van der Waals surface area contributed by atoms with Gasteiger partial charge >= 0.3 is 0 Å². The molecule has 1 heterocycles. The Bertz CT molecular complexity index is 463. The smallest absolute Gasteiger partial charge is 0.0480 e. The van der Waals surface area contributed by atoms with Crippen LogP contribution in [0.25, 0.3) is 10.9 Å². The van der Waals surface area contributed by atoms with Gasteiger partial charge < -0.3 is 4.57 Å². The van der Waals surface area contributed by atoms with E-state index < -0.39 is 0 Å². The van der Waals surface area contributed by atoms with E-state index in [1.54, 1.807) is 0 Å². The van der Waals surface area contributed by atoms with Gasteiger partial charge in [-0.1, -0.05) is 13.8 Å². The molecule has 0 aliphatic heterocycles. The molecule has 0 spiro atoms. The van der Waals surface area contributed by atoms with Gasteiger partial charge in [0.05, 0.1) is 0 Å². The summed E-state index contributed by atoms with van der Waals surface area (Å²) in [4.78, 5) is 0. The van der Waals surface area contributed by atoms with Crippen LogP contribution in [-0.4, -0.2) is 4.57 Å². The standard InChI is InChI=1S/C13H17N/c1-9(2)12-8-11-5-6-14(4)13(11)7-10(12)3/h5-9H,1-4H3. The summed E-state index contributed by atoms with van der Waals surface area (Å²) in [6, 6.07) is 6.78. The molecule has 0 saturated carbocycles. The average Bonchev–Trinajstić information content (AvgIpc) is 2.46. The van der Waals surface area contributed by atoms with Gasteiger partial charge in [0.15, 0.2) is 0 Å². The Labute approximate surface area is 85.4 Å². The summed E-state index contributed by atoms with van der Waals surface area (Å²) in [6.07, 6.45) is 2.12. The molecule has 0 aliphatic rings. The number of hydrogen-bond donors (Lipinski definition) is 0. The Kier molecular flexibility index (Phi) is 2.10. The Hall–Kier alpha value is -1.24. The van der Waals surface area contributed by atoms with Crippen LogP contribution >= 0.6 is 0 Å². The molecule has 0 unspecified atom stereocenters. The molecule has 0 saturated heterocycles. The lowest BCUT2D eigenvalue weighted by Crippen LogP contribution is -1.93. The molecule has 1 heteroatoms. The van der Waals surface area contributed by atoms with Gasteiger partial charge in [0.1, 0.15) is 0 Å². The van der Waals surface area contributed by atoms with E-state index in [4.69, 9.17) is 0 Å². The number of aryl methyl sites for hydroxylation is 2. The molecule has 0 atom stereocenters. The van der Waals surface area contributed by atoms with Crippen LogP contribution in [0, 0.1) is 6.92 Å². The fourth-order valence-electron chi connectivity index (χ4n) is 2.06. The van der Waals surface area contributed by atoms with Gasteiger partial charge in [-0.05, 0) is 47.6 Å². The maximum absolute atomic E-state index is 2.31. The lowest BCUT2D eigenvalue weighted by atomic mass is 9.96. The number of nitrogens with zero attached hydrogens (tertiary/aromatic N) is 1. The van der Waals surface area contributed by atoms with Crippen LogP contribution in [0.15, 0.2) is 24.4 Å². The summed E-state index contributed by atoms with van der Waals surface area (Å²) in [5.74, 6) is 0.611. The zero-order valence-electron chi connectivity index (χ0n) is 9.33. The van der Waals surface area contributed by atoms with Crippen molar-refractivity contribution < 1.29 is 0 Å². The predicted octanol–water partition coefficient (Wildman–Crippen LogP) is 3.61. The molecule has 0 amide bonds. The van der Waals surface area contributed by atoms with Gasteiger partial charge in [-0.15, -0.1) is 0 Å². The van der Waals surface area contributed by atoms with E-state index >= 15 is 0 Å². The van der Waals surface area contributed by atoms with E-state index in [2.05, 4.69) is 56.8 Å². The van der Waals surface area contributed by atoms with Gasteiger partial charge in [-0.25, -0.2) is 0 Å². The van der Waals surface area contributed by atoms with E-state index in [1.807, 2.05) is 0 Å². The summed E-state index contributed by atoms with van der Waals surface area (Å²) < 4.78 is 2.17. The Morgan fingerprint density at radius 1 is 1.21 bits per heavy atom. The number of hydrogen-bond acceptors (Lipinski definition) is 0. The normalized spacial score (nSPS) is 11.5. The molecule has 0 fully saturated rings. The van der Waals surface area contributed by atoms with Crippen LogP contribution < -0.4 is 0 Å². The third-order valence-electron chi connectivity index (χ3n) is 2.90. The predicted molar refractivity (Wildman–Crippen MR) is 61.7 cm³/mol. The highest BCUT2D eigenvalue weighted by Gasteiger charge is 2.06. The van der Waals surface area contributed by atoms with Crippen LogP contribution in [0.3, 0.4) is 0 Å². The second-order valence-electron chi connectivity index (χ2n) is 4.35. The lowest BCUT2D eigenvalue weighted by Gasteiger charge is -2.10. The highest BCUT2D eigenvalue weighted by Crippen LogP contribution is 2.25. The lowest BCUT2D eigenvalue weighted by molar-refractivity contribution is 0.858. The second-order valence-corrected chi connectivity index (χ2v) is 4.35. The largest absolute Gasteiger partial charge is 0.351 e. The monoisotopic (exact) mass is 187 g/mol. The van der Waals surface area contributed by atoms with Crippen molar-refractivity contribution in [3.8, 4) is 0 Å². The van der Waals surface area contributed by atoms with Crippen molar-refractivity contribution in [2.45, 2.75) is 26.7 Å². The van der Waals surface area contributed by atoms with Gasteiger partial charge in [-0.2, -0.15) is 0 Å². The molecule has 1 aromatic heterocycles. The zero-order chi connectivity index (χ0) is 10.3. The van der Waals surface area contributed by atoms with Crippen molar-refractivity contribution in [1.82, 2.24) is 4.57 Å². The highest BCUT2D eigenvalue weighted by atomic mass is 14.9. The molecule has 74 valence electrons. The van der Waals surface area contributed by atoms with Crippen LogP contribution in [0.5, 0.6) is 0 Å². The number of fused-ring (bicyclic) bond motifs is 1. The first-order valence-corrected chi connectivity index (χ1v) is 5.15. The van der Waals surface area contributed by atoms with E-state index in [0.29, 0.717) is 5.92 Å². The zero-order valence-corrected chi connectivity index (χ0v) is 9.33. The third-order valence-corrected chi connectivity index (χ3v) is 2.90. The highest BCUT2D eigenvalue weighted by molar-refractivity contribution is 5.82. The first-order valence-electron chi connectivity index (χ1n) is 5.15. The first-order chi connectivity index (χ1) is 6.59. The summed E-state index contributed by atoms with van der Waals surface area (Å²) in [5, 5.41) is 1.35. The fourth-order valence-corrected chi connectivity index (χ4v) is 2.06. The molecule has 1 aromatic carbocycles. The van der Waals surface area contributed by atoms with Crippen molar-refractivity contribution in [1.29, 1.82) is 0 Å². The molecule has 0 aliphatic carbocycles. The van der Waals surface area contributed by atoms with E-state index in [-0.39, 0.29) is 0 Å². The van der Waals surface area contributed by atoms with Crippen LogP contribution in [0.4, 0.5) is 0 Å². The quantitative estimate of drug-likeness (QED) is 0.642. The molecule has 0 bridgehead atoms. The second kappa shape index (κ2) is 3.16. The molecular weight excluding hydrogens is 170 g/mol. The van der Waals surface area contributed by atoms with Gasteiger partial charge in [0.25, 0.3) is 0 Å². The molecular formula is C13H17N. The minimum atomic E-state index is 0.611. The summed E-state index contributed by atoms with van der Waals surface area (Å²) in [7, 11) is 2.09. The Morgan fingerprint density at radius 2 is 1.93 bits per heavy atom. The number of aromatic nitrogens is 1. The van der Waals surface area contributed by atoms with Gasteiger partial charge in [0.2, 0.25) is 0 Å². The Morgan fingerprint density at radius 3 is 2.57 bits per heavy atom. The number of benzene rings is 1. The van der Waals surface area contributed by atoms with Crippen molar-refractivity contribution in [3.05, 3.63) is 35.5 Å². The topological polar surface area (TPSA) is 4.93 Å². The molecule has 2 rings (SSSR count). The van der Waals surface area contributed by atoms with Crippen LogP contribution in [-0.2, 0) is 7.05 Å². The minimum Gasteiger partial charge on any atom is -0.351 e. The molecule has 14 heavy (non-hydrogen) atoms. The van der Waals surface area contributed by atoms with Crippen molar-refractivity contribution in [3.63, 3.8) is 0 Å². The molecule has 1 nitrogen and oxygen atoms in total. The molecule has 0 radical (unpaired) electrons. The first kappa shape index (κ1) is 9.32. The SMILES string of the molecule is Cc1cc2c(ccn2C)cc1C(C)C. The minimum absolute atomic E-state index is 0.611. The van der Waals surface area contributed by atoms with Crippen LogP contribution in [0.1, 0.15) is 30.9 Å². The van der Waals surface area contributed by atoms with E-state index in [1.165, 1.54) is 22.0 Å². The van der Waals surface area contributed by atoms with E-state index in [9.17, 15) is 0 Å². The number of rotatable bonds is 1. The molecule has 2 aromatic rings. The maximum atomic E-state index is 2.31. The summed E-state index contributed by atoms with van der Waals surface area (Å²) >= 11 is 0. The summed E-state index contributed by atoms with van der Waals surface area (Å²) in [5.41, 5.74) is 4.19. The van der Waals surface area contributed by atoms with Gasteiger partial charge in [0, 0.05) is 18.8 Å². The maximum Gasteiger partial charge on any atom is 0.0480 e. The molecule has 0 N–H and O–H groups in total. The van der Waals surface area contributed by atoms with Crippen LogP contribution in [0.2, 0.25) is 0 Å². The fraction of sp³-hybridized carbons (Fsp3) is 0.385. The van der Waals surface area contributed by atoms with Crippen molar-refractivity contribution >= 4 is 10.9 Å². The third kappa shape index (κ3) is 1.33. The Balaban J connectivity index is 2.72. The van der Waals surface area contributed by atoms with Gasteiger partial charge in [-0.3, -0.25) is 0 Å². The van der Waals surface area contributed by atoms with Crippen molar-refractivity contribution in [2.24, 2.45) is 7.05 Å².